The fraction of sp³-hybridized carbons (Fsp3) is 0.125. The van der Waals surface area contributed by atoms with Gasteiger partial charge in [0.15, 0.2) is 0 Å². The van der Waals surface area contributed by atoms with Crippen LogP contribution in [0.25, 0.3) is 22.3 Å². The number of hydrogen-bond acceptors (Lipinski definition) is 4. The Labute approximate surface area is 247 Å². The van der Waals surface area contributed by atoms with Crippen LogP contribution in [-0.4, -0.2) is 27.9 Å². The molecule has 0 heterocycles. The molecular weight excluding hydrogens is 571 g/mol. The minimum atomic E-state index is -1.44. The van der Waals surface area contributed by atoms with Crippen molar-refractivity contribution in [2.45, 2.75) is 26.7 Å². The summed E-state index contributed by atoms with van der Waals surface area (Å²) in [5.74, 6) is -2.98. The summed E-state index contributed by atoms with van der Waals surface area (Å²) >= 11 is 17.0. The van der Waals surface area contributed by atoms with Crippen LogP contribution in [0.2, 0.25) is 10.0 Å². The molecule has 0 aliphatic heterocycles. The molecule has 1 N–H and O–H groups in total. The first-order valence-electron chi connectivity index (χ1n) is 12.3. The first-order valence-corrected chi connectivity index (χ1v) is 13.5. The molecule has 0 aromatic heterocycles. The van der Waals surface area contributed by atoms with E-state index >= 15 is 0 Å². The van der Waals surface area contributed by atoms with E-state index in [1.807, 2.05) is 56.3 Å². The summed E-state index contributed by atoms with van der Waals surface area (Å²) < 4.78 is 0. The van der Waals surface area contributed by atoms with Gasteiger partial charge in [0.25, 0.3) is 11.0 Å². The minimum absolute atomic E-state index is 0.243. The first-order chi connectivity index (χ1) is 19.0. The lowest BCUT2D eigenvalue weighted by atomic mass is 9.95. The Morgan fingerprint density at radius 1 is 0.575 bits per heavy atom. The lowest BCUT2D eigenvalue weighted by Gasteiger charge is -2.08. The maximum Gasteiger partial charge on any atom is 0.377 e. The molecule has 0 bridgehead atoms. The summed E-state index contributed by atoms with van der Waals surface area (Å²) in [6.07, 6.45) is 1.27. The van der Waals surface area contributed by atoms with Crippen molar-refractivity contribution in [3.8, 4) is 22.3 Å². The number of carboxylic acid groups (broad SMARTS) is 1. The average Bonchev–Trinajstić information content (AvgIpc) is 2.96. The number of aliphatic carboxylic acids is 1. The van der Waals surface area contributed by atoms with Crippen molar-refractivity contribution in [1.82, 2.24) is 0 Å². The van der Waals surface area contributed by atoms with Gasteiger partial charge in [0.1, 0.15) is 0 Å². The SMILES string of the molecule is CCc1ccc(-c2ccc(Cl)cc2)cc1C(=O)C(=O)Cl.CCc1ccc(-c2ccc(Cl)cc2)cc1C(=O)C(=O)O. The van der Waals surface area contributed by atoms with Gasteiger partial charge in [-0.2, -0.15) is 0 Å². The van der Waals surface area contributed by atoms with E-state index in [0.29, 0.717) is 28.5 Å². The molecule has 0 amide bonds. The second kappa shape index (κ2) is 14.0. The standard InChI is InChI=1S/C16H12Cl2O2.C16H13ClO3/c1-2-10-3-4-12(9-14(10)15(19)16(18)20)11-5-7-13(17)8-6-11;1-2-10-3-4-12(9-14(10)15(18)16(19)20)11-5-7-13(17)8-6-11/h3-9H,2H2,1H3;3-9H,2H2,1H3,(H,19,20). The highest BCUT2D eigenvalue weighted by Crippen LogP contribution is 2.26. The molecule has 0 saturated carbocycles. The van der Waals surface area contributed by atoms with Crippen LogP contribution in [0.5, 0.6) is 0 Å². The van der Waals surface area contributed by atoms with Crippen molar-refractivity contribution in [2.75, 3.05) is 0 Å². The molecule has 0 radical (unpaired) electrons. The molecule has 5 nitrogen and oxygen atoms in total. The number of ketones is 2. The van der Waals surface area contributed by atoms with Crippen LogP contribution in [0.15, 0.2) is 84.9 Å². The van der Waals surface area contributed by atoms with Gasteiger partial charge >= 0.3 is 5.97 Å². The number of hydrogen-bond donors (Lipinski definition) is 1. The third-order valence-electron chi connectivity index (χ3n) is 6.20. The summed E-state index contributed by atoms with van der Waals surface area (Å²) in [6.45, 7) is 3.81. The lowest BCUT2D eigenvalue weighted by molar-refractivity contribution is -0.131. The zero-order valence-electron chi connectivity index (χ0n) is 21.7. The fourth-order valence-corrected chi connectivity index (χ4v) is 4.41. The largest absolute Gasteiger partial charge is 0.475 e. The lowest BCUT2D eigenvalue weighted by Crippen LogP contribution is -2.14. The summed E-state index contributed by atoms with van der Waals surface area (Å²) in [5, 5.41) is 9.19. The highest BCUT2D eigenvalue weighted by atomic mass is 35.5. The van der Waals surface area contributed by atoms with Crippen LogP contribution < -0.4 is 0 Å². The van der Waals surface area contributed by atoms with Crippen molar-refractivity contribution in [3.05, 3.63) is 117 Å². The molecule has 0 fully saturated rings. The predicted molar refractivity (Wildman–Crippen MR) is 160 cm³/mol. The van der Waals surface area contributed by atoms with Crippen molar-refractivity contribution in [1.29, 1.82) is 0 Å². The van der Waals surface area contributed by atoms with E-state index in [2.05, 4.69) is 0 Å². The number of halogens is 3. The number of carboxylic acids is 1. The van der Waals surface area contributed by atoms with Gasteiger partial charge in [-0.25, -0.2) is 4.79 Å². The Hall–Kier alpha value is -3.77. The number of benzene rings is 4. The van der Waals surface area contributed by atoms with E-state index in [-0.39, 0.29) is 5.56 Å². The molecule has 0 aliphatic carbocycles. The second-order valence-electron chi connectivity index (χ2n) is 8.70. The van der Waals surface area contributed by atoms with Crippen molar-refractivity contribution in [3.63, 3.8) is 0 Å². The van der Waals surface area contributed by atoms with E-state index < -0.39 is 22.8 Å². The maximum absolute atomic E-state index is 11.9. The Morgan fingerprint density at radius 2 is 0.925 bits per heavy atom. The molecule has 0 unspecified atom stereocenters. The Kier molecular flexibility index (Phi) is 10.8. The summed E-state index contributed by atoms with van der Waals surface area (Å²) in [5.41, 5.74) is 5.59. The van der Waals surface area contributed by atoms with Gasteiger partial charge in [-0.15, -0.1) is 0 Å². The summed E-state index contributed by atoms with van der Waals surface area (Å²) in [7, 11) is 0. The van der Waals surface area contributed by atoms with Crippen molar-refractivity contribution in [2.24, 2.45) is 0 Å². The maximum atomic E-state index is 11.9. The fourth-order valence-electron chi connectivity index (χ4n) is 4.06. The zero-order chi connectivity index (χ0) is 29.4. The van der Waals surface area contributed by atoms with Gasteiger partial charge in [0.05, 0.1) is 0 Å². The highest BCUT2D eigenvalue weighted by Gasteiger charge is 2.19. The van der Waals surface area contributed by atoms with Gasteiger partial charge in [0.2, 0.25) is 5.78 Å². The molecule has 4 aromatic rings. The van der Waals surface area contributed by atoms with Crippen LogP contribution >= 0.6 is 34.8 Å². The Bertz CT molecular complexity index is 1440. The van der Waals surface area contributed by atoms with E-state index in [1.165, 1.54) is 0 Å². The van der Waals surface area contributed by atoms with Crippen LogP contribution in [0.1, 0.15) is 45.7 Å². The smallest absolute Gasteiger partial charge is 0.377 e. The van der Waals surface area contributed by atoms with Crippen LogP contribution in [0, 0.1) is 0 Å². The van der Waals surface area contributed by atoms with Gasteiger partial charge in [-0.05, 0) is 94.2 Å². The van der Waals surface area contributed by atoms with Crippen molar-refractivity contribution >= 4 is 57.6 Å². The minimum Gasteiger partial charge on any atom is -0.475 e. The Balaban J connectivity index is 0.000000220. The van der Waals surface area contributed by atoms with E-state index in [9.17, 15) is 19.2 Å². The average molecular weight is 596 g/mol. The number of aryl methyl sites for hydroxylation is 2. The van der Waals surface area contributed by atoms with E-state index in [1.54, 1.807) is 42.5 Å². The van der Waals surface area contributed by atoms with Crippen LogP contribution in [0.4, 0.5) is 0 Å². The van der Waals surface area contributed by atoms with Gasteiger partial charge in [-0.1, -0.05) is 85.6 Å². The van der Waals surface area contributed by atoms with Gasteiger partial charge < -0.3 is 5.11 Å². The van der Waals surface area contributed by atoms with E-state index in [0.717, 1.165) is 33.4 Å². The molecule has 0 spiro atoms. The number of Topliss-reactive ketones (excluding diaryl/α,β-unsaturated/α-hetero) is 2. The van der Waals surface area contributed by atoms with Crippen LogP contribution in [0.3, 0.4) is 0 Å². The van der Waals surface area contributed by atoms with Gasteiger partial charge in [0, 0.05) is 21.2 Å². The molecule has 8 heteroatoms. The molecule has 4 aromatic carbocycles. The molecule has 0 saturated heterocycles. The second-order valence-corrected chi connectivity index (χ2v) is 9.92. The molecule has 0 aliphatic rings. The number of carbonyl (C=O) groups is 4. The normalized spacial score (nSPS) is 10.3. The molecule has 204 valence electrons. The summed E-state index contributed by atoms with van der Waals surface area (Å²) in [6, 6.07) is 25.2. The predicted octanol–water partition coefficient (Wildman–Crippen LogP) is 8.35. The van der Waals surface area contributed by atoms with Gasteiger partial charge in [-0.3, -0.25) is 14.4 Å². The van der Waals surface area contributed by atoms with Crippen LogP contribution in [-0.2, 0) is 22.4 Å². The number of carbonyl (C=O) groups excluding carboxylic acids is 3. The molecule has 40 heavy (non-hydrogen) atoms. The van der Waals surface area contributed by atoms with E-state index in [4.69, 9.17) is 39.9 Å². The third-order valence-corrected chi connectivity index (χ3v) is 6.87. The molecule has 0 atom stereocenters. The Morgan fingerprint density at radius 3 is 1.25 bits per heavy atom. The van der Waals surface area contributed by atoms with Crippen molar-refractivity contribution < 1.29 is 24.3 Å². The monoisotopic (exact) mass is 594 g/mol. The first kappa shape index (κ1) is 30.8. The zero-order valence-corrected chi connectivity index (χ0v) is 24.0. The quantitative estimate of drug-likeness (QED) is 0.126. The molecule has 4 rings (SSSR count). The summed E-state index contributed by atoms with van der Waals surface area (Å²) in [4.78, 5) is 45.6. The number of rotatable bonds is 8. The molecular formula is C32H25Cl3O5. The topological polar surface area (TPSA) is 88.5 Å². The third kappa shape index (κ3) is 7.66. The highest BCUT2D eigenvalue weighted by molar-refractivity contribution is 6.83.